The van der Waals surface area contributed by atoms with Crippen LogP contribution in [0.1, 0.15) is 6.92 Å². The molecule has 1 aromatic carbocycles. The summed E-state index contributed by atoms with van der Waals surface area (Å²) in [6, 6.07) is 10.3. The lowest BCUT2D eigenvalue weighted by Gasteiger charge is -2.04. The van der Waals surface area contributed by atoms with Crippen LogP contribution in [0.3, 0.4) is 0 Å². The number of rotatable bonds is 4. The van der Waals surface area contributed by atoms with E-state index in [9.17, 15) is 0 Å². The van der Waals surface area contributed by atoms with Crippen molar-refractivity contribution in [3.05, 3.63) is 42.5 Å². The molecule has 0 aliphatic carbocycles. The van der Waals surface area contributed by atoms with Crippen molar-refractivity contribution in [3.8, 4) is 0 Å². The van der Waals surface area contributed by atoms with E-state index in [0.717, 1.165) is 0 Å². The van der Waals surface area contributed by atoms with E-state index in [1.165, 1.54) is 4.90 Å². The van der Waals surface area contributed by atoms with Gasteiger partial charge in [-0.3, -0.25) is 0 Å². The van der Waals surface area contributed by atoms with Gasteiger partial charge in [-0.15, -0.1) is 11.8 Å². The summed E-state index contributed by atoms with van der Waals surface area (Å²) >= 11 is 1.79. The normalized spacial score (nSPS) is 13.4. The predicted octanol–water partition coefficient (Wildman–Crippen LogP) is 2.72. The monoisotopic (exact) mass is 194 g/mol. The molecule has 1 N–H and O–H groups in total. The maximum atomic E-state index is 8.59. The minimum absolute atomic E-state index is 0.125. The molecule has 0 spiro atoms. The maximum Gasteiger partial charge on any atom is 0.0612 e. The van der Waals surface area contributed by atoms with Crippen LogP contribution < -0.4 is 0 Å². The van der Waals surface area contributed by atoms with Crippen molar-refractivity contribution >= 4 is 11.8 Å². The molecule has 2 heteroatoms. The van der Waals surface area contributed by atoms with E-state index < -0.39 is 0 Å². The Kier molecular flexibility index (Phi) is 4.65. The van der Waals surface area contributed by atoms with E-state index >= 15 is 0 Å². The van der Waals surface area contributed by atoms with Gasteiger partial charge in [-0.2, -0.15) is 0 Å². The smallest absolute Gasteiger partial charge is 0.0612 e. The van der Waals surface area contributed by atoms with Crippen molar-refractivity contribution in [3.63, 3.8) is 0 Å². The molecular weight excluding hydrogens is 180 g/mol. The first-order chi connectivity index (χ1) is 6.33. The Morgan fingerprint density at radius 2 is 2.08 bits per heavy atom. The van der Waals surface area contributed by atoms with E-state index in [2.05, 4.69) is 19.1 Å². The van der Waals surface area contributed by atoms with Crippen LogP contribution in [0.25, 0.3) is 0 Å². The van der Waals surface area contributed by atoms with Gasteiger partial charge in [-0.25, -0.2) is 0 Å². The summed E-state index contributed by atoms with van der Waals surface area (Å²) in [5.74, 6) is 0. The Hall–Kier alpha value is -0.730. The molecule has 0 aliphatic heterocycles. The molecule has 0 radical (unpaired) electrons. The Morgan fingerprint density at radius 3 is 2.69 bits per heavy atom. The lowest BCUT2D eigenvalue weighted by Crippen LogP contribution is -1.89. The standard InChI is InChI=1S/C11H14OS/c1-10(6-5-9-12)13-11-7-3-2-4-8-11/h2-8,10,12H,9H2,1H3/b6-5-. The zero-order chi connectivity index (χ0) is 9.52. The van der Waals surface area contributed by atoms with Crippen LogP contribution in [0.15, 0.2) is 47.4 Å². The Balaban J connectivity index is 2.45. The minimum Gasteiger partial charge on any atom is -0.392 e. The first-order valence-corrected chi connectivity index (χ1v) is 5.20. The predicted molar refractivity (Wildman–Crippen MR) is 58.0 cm³/mol. The molecule has 1 rings (SSSR count). The highest BCUT2D eigenvalue weighted by atomic mass is 32.2. The highest BCUT2D eigenvalue weighted by Gasteiger charge is 1.98. The first-order valence-electron chi connectivity index (χ1n) is 4.32. The summed E-state index contributed by atoms with van der Waals surface area (Å²) < 4.78 is 0. The van der Waals surface area contributed by atoms with Gasteiger partial charge in [-0.05, 0) is 19.1 Å². The zero-order valence-corrected chi connectivity index (χ0v) is 8.50. The summed E-state index contributed by atoms with van der Waals surface area (Å²) in [4.78, 5) is 1.26. The van der Waals surface area contributed by atoms with Gasteiger partial charge in [0.1, 0.15) is 0 Å². The highest BCUT2D eigenvalue weighted by molar-refractivity contribution is 8.00. The highest BCUT2D eigenvalue weighted by Crippen LogP contribution is 2.22. The number of aliphatic hydroxyl groups is 1. The van der Waals surface area contributed by atoms with Gasteiger partial charge in [0.15, 0.2) is 0 Å². The number of aliphatic hydroxyl groups excluding tert-OH is 1. The molecule has 1 nitrogen and oxygen atoms in total. The fourth-order valence-corrected chi connectivity index (χ4v) is 1.94. The average molecular weight is 194 g/mol. The fraction of sp³-hybridized carbons (Fsp3) is 0.273. The van der Waals surface area contributed by atoms with Crippen molar-refractivity contribution in [2.45, 2.75) is 17.1 Å². The number of hydrogen-bond donors (Lipinski definition) is 1. The molecule has 0 heterocycles. The lowest BCUT2D eigenvalue weighted by molar-refractivity contribution is 0.342. The van der Waals surface area contributed by atoms with Gasteiger partial charge in [0.25, 0.3) is 0 Å². The van der Waals surface area contributed by atoms with E-state index in [0.29, 0.717) is 5.25 Å². The zero-order valence-electron chi connectivity index (χ0n) is 7.68. The lowest BCUT2D eigenvalue weighted by atomic mass is 10.4. The number of thioether (sulfide) groups is 1. The summed E-state index contributed by atoms with van der Waals surface area (Å²) in [6.07, 6.45) is 3.79. The molecule has 0 bridgehead atoms. The Bertz CT molecular complexity index is 256. The molecular formula is C11H14OS. The summed E-state index contributed by atoms with van der Waals surface area (Å²) in [6.45, 7) is 2.24. The second-order valence-corrected chi connectivity index (χ2v) is 4.20. The van der Waals surface area contributed by atoms with Crippen LogP contribution in [-0.4, -0.2) is 17.0 Å². The SMILES string of the molecule is CC(/C=C\CO)Sc1ccccc1. The van der Waals surface area contributed by atoms with E-state index in [4.69, 9.17) is 5.11 Å². The molecule has 70 valence electrons. The molecule has 0 saturated carbocycles. The van der Waals surface area contributed by atoms with Gasteiger partial charge in [0.2, 0.25) is 0 Å². The average Bonchev–Trinajstić information content (AvgIpc) is 2.16. The van der Waals surface area contributed by atoms with Crippen LogP contribution in [0.5, 0.6) is 0 Å². The van der Waals surface area contributed by atoms with Crippen molar-refractivity contribution in [2.75, 3.05) is 6.61 Å². The van der Waals surface area contributed by atoms with Crippen molar-refractivity contribution in [1.29, 1.82) is 0 Å². The van der Waals surface area contributed by atoms with Crippen LogP contribution in [0.4, 0.5) is 0 Å². The van der Waals surface area contributed by atoms with Crippen LogP contribution in [0.2, 0.25) is 0 Å². The van der Waals surface area contributed by atoms with Crippen molar-refractivity contribution in [1.82, 2.24) is 0 Å². The van der Waals surface area contributed by atoms with Crippen molar-refractivity contribution < 1.29 is 5.11 Å². The molecule has 1 atom stereocenters. The van der Waals surface area contributed by atoms with Crippen LogP contribution in [-0.2, 0) is 0 Å². The van der Waals surface area contributed by atoms with E-state index in [1.807, 2.05) is 24.3 Å². The second kappa shape index (κ2) is 5.84. The third-order valence-corrected chi connectivity index (χ3v) is 2.65. The second-order valence-electron chi connectivity index (χ2n) is 2.75. The molecule has 0 fully saturated rings. The van der Waals surface area contributed by atoms with Crippen molar-refractivity contribution in [2.24, 2.45) is 0 Å². The number of benzene rings is 1. The summed E-state index contributed by atoms with van der Waals surface area (Å²) in [5.41, 5.74) is 0. The minimum atomic E-state index is 0.125. The largest absolute Gasteiger partial charge is 0.392 e. The van der Waals surface area contributed by atoms with Gasteiger partial charge in [0, 0.05) is 10.1 Å². The van der Waals surface area contributed by atoms with E-state index in [1.54, 1.807) is 17.8 Å². The van der Waals surface area contributed by atoms with Gasteiger partial charge < -0.3 is 5.11 Å². The van der Waals surface area contributed by atoms with Crippen LogP contribution in [0, 0.1) is 0 Å². The molecule has 0 aliphatic rings. The molecule has 13 heavy (non-hydrogen) atoms. The molecule has 0 saturated heterocycles. The Morgan fingerprint density at radius 1 is 1.38 bits per heavy atom. The maximum absolute atomic E-state index is 8.59. The molecule has 0 amide bonds. The molecule has 0 aromatic heterocycles. The summed E-state index contributed by atoms with van der Waals surface area (Å²) in [5, 5.41) is 9.00. The van der Waals surface area contributed by atoms with E-state index in [-0.39, 0.29) is 6.61 Å². The first kappa shape index (κ1) is 10.4. The quantitative estimate of drug-likeness (QED) is 0.587. The number of hydrogen-bond acceptors (Lipinski definition) is 2. The van der Waals surface area contributed by atoms with Gasteiger partial charge in [0.05, 0.1) is 6.61 Å². The van der Waals surface area contributed by atoms with Gasteiger partial charge >= 0.3 is 0 Å². The fourth-order valence-electron chi connectivity index (χ4n) is 1.01. The Labute approximate surface area is 83.5 Å². The molecule has 1 aromatic rings. The van der Waals surface area contributed by atoms with Crippen LogP contribution >= 0.6 is 11.8 Å². The third kappa shape index (κ3) is 4.15. The summed E-state index contributed by atoms with van der Waals surface area (Å²) in [7, 11) is 0. The third-order valence-electron chi connectivity index (χ3n) is 1.58. The molecule has 1 unspecified atom stereocenters. The van der Waals surface area contributed by atoms with Gasteiger partial charge in [-0.1, -0.05) is 30.4 Å². The topological polar surface area (TPSA) is 20.2 Å².